The lowest BCUT2D eigenvalue weighted by molar-refractivity contribution is -0.0503. The normalized spacial score (nSPS) is 31.8. The fourth-order valence-corrected chi connectivity index (χ4v) is 6.65. The minimum absolute atomic E-state index is 0.0571. The van der Waals surface area contributed by atoms with Gasteiger partial charge >= 0.3 is 0 Å². The van der Waals surface area contributed by atoms with Gasteiger partial charge in [0.25, 0.3) is 5.91 Å². The third-order valence-electron chi connectivity index (χ3n) is 7.27. The molecular weight excluding hydrogens is 372 g/mol. The van der Waals surface area contributed by atoms with Crippen LogP contribution in [0.25, 0.3) is 0 Å². The summed E-state index contributed by atoms with van der Waals surface area (Å²) in [5.41, 5.74) is 1.93. The Morgan fingerprint density at radius 1 is 1.21 bits per heavy atom. The van der Waals surface area contributed by atoms with Gasteiger partial charge in [0.2, 0.25) is 0 Å². The van der Waals surface area contributed by atoms with Gasteiger partial charge in [0.1, 0.15) is 0 Å². The molecular formula is C23H33ClN2O2. The highest BCUT2D eigenvalue weighted by Crippen LogP contribution is 2.59. The van der Waals surface area contributed by atoms with Crippen molar-refractivity contribution in [2.75, 3.05) is 20.1 Å². The van der Waals surface area contributed by atoms with Crippen LogP contribution in [0.4, 0.5) is 0 Å². The zero-order valence-electron chi connectivity index (χ0n) is 16.8. The highest BCUT2D eigenvalue weighted by molar-refractivity contribution is 6.33. The average molecular weight is 405 g/mol. The van der Waals surface area contributed by atoms with Crippen molar-refractivity contribution >= 4 is 17.5 Å². The third-order valence-corrected chi connectivity index (χ3v) is 7.60. The van der Waals surface area contributed by atoms with Crippen molar-refractivity contribution in [2.45, 2.75) is 57.5 Å². The summed E-state index contributed by atoms with van der Waals surface area (Å²) >= 11 is 6.34. The van der Waals surface area contributed by atoms with E-state index >= 15 is 0 Å². The summed E-state index contributed by atoms with van der Waals surface area (Å²) in [5.74, 6) is 2.61. The molecule has 1 atom stereocenters. The summed E-state index contributed by atoms with van der Waals surface area (Å²) in [7, 11) is 1.83. The molecule has 154 valence electrons. The van der Waals surface area contributed by atoms with Gasteiger partial charge in [0, 0.05) is 13.1 Å². The molecule has 1 aromatic rings. The minimum atomic E-state index is -0.381. The van der Waals surface area contributed by atoms with E-state index in [1.54, 1.807) is 6.07 Å². The second-order valence-electron chi connectivity index (χ2n) is 9.66. The van der Waals surface area contributed by atoms with Crippen molar-refractivity contribution in [2.24, 2.45) is 23.2 Å². The summed E-state index contributed by atoms with van der Waals surface area (Å²) in [5, 5.41) is 16.6. The number of nitrogens with one attached hydrogen (secondary N) is 2. The number of aliphatic hydroxyl groups is 1. The van der Waals surface area contributed by atoms with E-state index in [0.717, 1.165) is 36.3 Å². The average Bonchev–Trinajstić information content (AvgIpc) is 2.65. The maximum Gasteiger partial charge on any atom is 0.252 e. The largest absolute Gasteiger partial charge is 0.392 e. The summed E-state index contributed by atoms with van der Waals surface area (Å²) in [6.07, 6.45) is 9.13. The molecule has 0 heterocycles. The molecule has 0 saturated heterocycles. The number of halogens is 1. The molecule has 4 saturated carbocycles. The Morgan fingerprint density at radius 3 is 2.46 bits per heavy atom. The molecule has 5 heteroatoms. The van der Waals surface area contributed by atoms with Gasteiger partial charge in [0.05, 0.1) is 16.7 Å². The van der Waals surface area contributed by atoms with E-state index in [1.165, 1.54) is 38.5 Å². The Hall–Kier alpha value is -1.10. The number of aryl methyl sites for hydroxylation is 1. The van der Waals surface area contributed by atoms with Gasteiger partial charge in [-0.25, -0.2) is 0 Å². The molecule has 0 spiro atoms. The van der Waals surface area contributed by atoms with Crippen molar-refractivity contribution in [3.05, 3.63) is 34.3 Å². The van der Waals surface area contributed by atoms with E-state index in [2.05, 4.69) is 10.6 Å². The summed E-state index contributed by atoms with van der Waals surface area (Å²) in [6.45, 7) is 1.36. The number of carbonyl (C=O) groups is 1. The van der Waals surface area contributed by atoms with Gasteiger partial charge in [-0.05, 0) is 99.3 Å². The lowest BCUT2D eigenvalue weighted by atomic mass is 9.49. The standard InChI is InChI=1S/C23H33ClN2O2/c1-25-13-19(27)4-2-15-3-5-21(24)20(9-15)22(28)26-14-23-10-16-6-17(11-23)8-18(7-16)12-23/h3,5,9,16-19,25,27H,2,4,6-8,10-14H2,1H3,(H,26,28)/t16?,17?,18?,19-,23?/m1/s1. The van der Waals surface area contributed by atoms with Crippen LogP contribution in [0.3, 0.4) is 0 Å². The summed E-state index contributed by atoms with van der Waals surface area (Å²) in [4.78, 5) is 12.9. The smallest absolute Gasteiger partial charge is 0.252 e. The Labute approximate surface area is 173 Å². The minimum Gasteiger partial charge on any atom is -0.392 e. The van der Waals surface area contributed by atoms with Crippen LogP contribution in [0.5, 0.6) is 0 Å². The number of aliphatic hydroxyl groups excluding tert-OH is 1. The summed E-state index contributed by atoms with van der Waals surface area (Å²) in [6, 6.07) is 5.65. The highest BCUT2D eigenvalue weighted by atomic mass is 35.5. The number of hydrogen-bond donors (Lipinski definition) is 3. The Balaban J connectivity index is 1.37. The topological polar surface area (TPSA) is 61.4 Å². The van der Waals surface area contributed by atoms with Crippen LogP contribution in [0.2, 0.25) is 5.02 Å². The van der Waals surface area contributed by atoms with Crippen LogP contribution >= 0.6 is 11.6 Å². The lowest BCUT2D eigenvalue weighted by Crippen LogP contribution is -2.51. The van der Waals surface area contributed by atoms with Gasteiger partial charge in [0.15, 0.2) is 0 Å². The molecule has 28 heavy (non-hydrogen) atoms. The van der Waals surface area contributed by atoms with E-state index in [4.69, 9.17) is 11.6 Å². The molecule has 1 amide bonds. The number of likely N-dealkylation sites (N-methyl/N-ethyl adjacent to an activating group) is 1. The van der Waals surface area contributed by atoms with Crippen molar-refractivity contribution in [3.8, 4) is 0 Å². The molecule has 1 aromatic carbocycles. The Kier molecular flexibility index (Phi) is 6.01. The summed E-state index contributed by atoms with van der Waals surface area (Å²) < 4.78 is 0. The highest BCUT2D eigenvalue weighted by Gasteiger charge is 2.50. The van der Waals surface area contributed by atoms with E-state index in [1.807, 2.05) is 19.2 Å². The van der Waals surface area contributed by atoms with Gasteiger partial charge in [-0.2, -0.15) is 0 Å². The lowest BCUT2D eigenvalue weighted by Gasteiger charge is -2.56. The number of rotatable bonds is 8. The number of hydrogen-bond acceptors (Lipinski definition) is 3. The first-order valence-corrected chi connectivity index (χ1v) is 11.2. The second-order valence-corrected chi connectivity index (χ2v) is 10.1. The van der Waals surface area contributed by atoms with Crippen LogP contribution in [-0.4, -0.2) is 37.3 Å². The SMILES string of the molecule is CNC[C@H](O)CCc1ccc(Cl)c(C(=O)NCC23CC4CC(CC(C4)C2)C3)c1. The van der Waals surface area contributed by atoms with Crippen LogP contribution in [0.1, 0.15) is 60.9 Å². The number of amides is 1. The zero-order valence-corrected chi connectivity index (χ0v) is 17.6. The quantitative estimate of drug-likeness (QED) is 0.617. The van der Waals surface area contributed by atoms with Gasteiger partial charge in [-0.15, -0.1) is 0 Å². The first-order valence-electron chi connectivity index (χ1n) is 10.9. The molecule has 0 unspecified atom stereocenters. The third kappa shape index (κ3) is 4.39. The monoisotopic (exact) mass is 404 g/mol. The van der Waals surface area contributed by atoms with Crippen molar-refractivity contribution in [3.63, 3.8) is 0 Å². The fourth-order valence-electron chi connectivity index (χ4n) is 6.44. The molecule has 0 radical (unpaired) electrons. The predicted molar refractivity (Wildman–Crippen MR) is 113 cm³/mol. The number of benzene rings is 1. The molecule has 0 aliphatic heterocycles. The van der Waals surface area contributed by atoms with Gasteiger partial charge < -0.3 is 15.7 Å². The Morgan fingerprint density at radius 2 is 1.86 bits per heavy atom. The molecule has 4 nitrogen and oxygen atoms in total. The van der Waals surface area contributed by atoms with Crippen molar-refractivity contribution < 1.29 is 9.90 Å². The van der Waals surface area contributed by atoms with E-state index in [0.29, 0.717) is 29.0 Å². The molecule has 5 rings (SSSR count). The van der Waals surface area contributed by atoms with Crippen LogP contribution < -0.4 is 10.6 Å². The van der Waals surface area contributed by atoms with Gasteiger partial charge in [-0.3, -0.25) is 4.79 Å². The molecule has 4 fully saturated rings. The van der Waals surface area contributed by atoms with Crippen LogP contribution in [0.15, 0.2) is 18.2 Å². The van der Waals surface area contributed by atoms with Crippen LogP contribution in [0, 0.1) is 23.2 Å². The van der Waals surface area contributed by atoms with Crippen LogP contribution in [-0.2, 0) is 6.42 Å². The Bertz CT molecular complexity index is 685. The first kappa shape index (κ1) is 20.2. The molecule has 4 aliphatic carbocycles. The van der Waals surface area contributed by atoms with E-state index in [-0.39, 0.29) is 12.0 Å². The fraction of sp³-hybridized carbons (Fsp3) is 0.696. The van der Waals surface area contributed by atoms with Gasteiger partial charge in [-0.1, -0.05) is 17.7 Å². The van der Waals surface area contributed by atoms with E-state index in [9.17, 15) is 9.90 Å². The molecule has 4 bridgehead atoms. The maximum atomic E-state index is 12.9. The first-order chi connectivity index (χ1) is 13.5. The maximum absolute atomic E-state index is 12.9. The number of carbonyl (C=O) groups excluding carboxylic acids is 1. The molecule has 4 aliphatic rings. The zero-order chi connectivity index (χ0) is 19.7. The second kappa shape index (κ2) is 8.33. The molecule has 0 aromatic heterocycles. The molecule has 3 N–H and O–H groups in total. The van der Waals surface area contributed by atoms with Crippen molar-refractivity contribution in [1.82, 2.24) is 10.6 Å². The van der Waals surface area contributed by atoms with Crippen molar-refractivity contribution in [1.29, 1.82) is 0 Å². The predicted octanol–water partition coefficient (Wildman–Crippen LogP) is 3.80. The van der Waals surface area contributed by atoms with E-state index < -0.39 is 0 Å².